The molecule has 1 rings (SSSR count). The molecule has 0 fully saturated rings. The topological polar surface area (TPSA) is 69.2 Å². The number of H-pyrrole nitrogens is 1. The third-order valence-corrected chi connectivity index (χ3v) is 1.27. The molecule has 0 saturated heterocycles. The van der Waals surface area contributed by atoms with E-state index in [0.29, 0.717) is 12.4 Å². The summed E-state index contributed by atoms with van der Waals surface area (Å²) in [5.74, 6) is 0.648. The molecule has 5 heteroatoms. The molecule has 1 amide bonds. The molecule has 0 radical (unpaired) electrons. The van der Waals surface area contributed by atoms with Gasteiger partial charge in [-0.15, -0.1) is 0 Å². The predicted molar refractivity (Wildman–Crippen MR) is 38.1 cm³/mol. The molecule has 0 aliphatic heterocycles. The van der Waals surface area contributed by atoms with Crippen molar-refractivity contribution in [3.05, 3.63) is 18.2 Å². The lowest BCUT2D eigenvalue weighted by Crippen LogP contribution is -2.24. The number of rotatable bonds is 2. The monoisotopic (exact) mass is 155 g/mol. The molecular weight excluding hydrogens is 146 g/mol. The van der Waals surface area contributed by atoms with Crippen LogP contribution in [0.1, 0.15) is 5.82 Å². The number of hydrogen-bond donors (Lipinski definition) is 2. The molecule has 11 heavy (non-hydrogen) atoms. The number of amides is 1. The number of carbonyl (C=O) groups is 1. The summed E-state index contributed by atoms with van der Waals surface area (Å²) >= 11 is 0. The Bertz CT molecular complexity index is 232. The van der Waals surface area contributed by atoms with Gasteiger partial charge in [0.2, 0.25) is 0 Å². The SMILES string of the molecule is CN(Cc1ncc[nH]1)C(=O)O. The van der Waals surface area contributed by atoms with Crippen molar-refractivity contribution in [1.82, 2.24) is 14.9 Å². The number of aromatic amines is 1. The van der Waals surface area contributed by atoms with E-state index < -0.39 is 6.09 Å². The van der Waals surface area contributed by atoms with Crippen molar-refractivity contribution in [3.63, 3.8) is 0 Å². The summed E-state index contributed by atoms with van der Waals surface area (Å²) in [5, 5.41) is 8.47. The van der Waals surface area contributed by atoms with Crippen molar-refractivity contribution < 1.29 is 9.90 Å². The molecule has 2 N–H and O–H groups in total. The Kier molecular flexibility index (Phi) is 2.10. The van der Waals surface area contributed by atoms with Gasteiger partial charge in [0, 0.05) is 19.4 Å². The molecule has 0 unspecified atom stereocenters. The Morgan fingerprint density at radius 1 is 1.91 bits per heavy atom. The Morgan fingerprint density at radius 2 is 2.64 bits per heavy atom. The molecule has 60 valence electrons. The highest BCUT2D eigenvalue weighted by molar-refractivity contribution is 5.64. The highest BCUT2D eigenvalue weighted by Crippen LogP contribution is 1.94. The van der Waals surface area contributed by atoms with Gasteiger partial charge in [0.15, 0.2) is 0 Å². The normalized spacial score (nSPS) is 9.55. The number of nitrogens with one attached hydrogen (secondary N) is 1. The lowest BCUT2D eigenvalue weighted by atomic mass is 10.5. The summed E-state index contributed by atoms with van der Waals surface area (Å²) in [7, 11) is 1.49. The van der Waals surface area contributed by atoms with Crippen molar-refractivity contribution in [2.45, 2.75) is 6.54 Å². The van der Waals surface area contributed by atoms with Crippen LogP contribution in [0.15, 0.2) is 12.4 Å². The average Bonchev–Trinajstić information content (AvgIpc) is 2.39. The minimum Gasteiger partial charge on any atom is -0.465 e. The Morgan fingerprint density at radius 3 is 3.09 bits per heavy atom. The quantitative estimate of drug-likeness (QED) is 0.654. The van der Waals surface area contributed by atoms with Gasteiger partial charge in [-0.25, -0.2) is 9.78 Å². The molecule has 0 spiro atoms. The molecule has 0 aliphatic rings. The lowest BCUT2D eigenvalue weighted by Gasteiger charge is -2.09. The molecule has 1 aromatic heterocycles. The van der Waals surface area contributed by atoms with Gasteiger partial charge in [0.1, 0.15) is 5.82 Å². The number of carboxylic acid groups (broad SMARTS) is 1. The van der Waals surface area contributed by atoms with E-state index in [2.05, 4.69) is 9.97 Å². The van der Waals surface area contributed by atoms with Crippen LogP contribution in [0.5, 0.6) is 0 Å². The number of imidazole rings is 1. The summed E-state index contributed by atoms with van der Waals surface area (Å²) in [6.07, 6.45) is 2.29. The summed E-state index contributed by atoms with van der Waals surface area (Å²) < 4.78 is 0. The Balaban J connectivity index is 2.50. The van der Waals surface area contributed by atoms with Crippen LogP contribution in [0.25, 0.3) is 0 Å². The van der Waals surface area contributed by atoms with Crippen molar-refractivity contribution in [3.8, 4) is 0 Å². The second-order valence-corrected chi connectivity index (χ2v) is 2.17. The van der Waals surface area contributed by atoms with Gasteiger partial charge in [0.25, 0.3) is 0 Å². The van der Waals surface area contributed by atoms with Gasteiger partial charge in [-0.3, -0.25) is 0 Å². The maximum absolute atomic E-state index is 10.3. The fraction of sp³-hybridized carbons (Fsp3) is 0.333. The Hall–Kier alpha value is -1.52. The molecule has 5 nitrogen and oxygen atoms in total. The van der Waals surface area contributed by atoms with Crippen molar-refractivity contribution in [2.75, 3.05) is 7.05 Å². The van der Waals surface area contributed by atoms with Gasteiger partial charge >= 0.3 is 6.09 Å². The van der Waals surface area contributed by atoms with Crippen LogP contribution >= 0.6 is 0 Å². The van der Waals surface area contributed by atoms with Crippen molar-refractivity contribution >= 4 is 6.09 Å². The van der Waals surface area contributed by atoms with Gasteiger partial charge in [0.05, 0.1) is 6.54 Å². The largest absolute Gasteiger partial charge is 0.465 e. The molecule has 0 aromatic carbocycles. The van der Waals surface area contributed by atoms with E-state index in [9.17, 15) is 4.79 Å². The van der Waals surface area contributed by atoms with E-state index in [4.69, 9.17) is 5.11 Å². The third-order valence-electron chi connectivity index (χ3n) is 1.27. The van der Waals surface area contributed by atoms with E-state index in [1.807, 2.05) is 0 Å². The highest BCUT2D eigenvalue weighted by atomic mass is 16.4. The zero-order valence-electron chi connectivity index (χ0n) is 6.11. The molecule has 0 saturated carbocycles. The van der Waals surface area contributed by atoms with Gasteiger partial charge in [-0.1, -0.05) is 0 Å². The zero-order chi connectivity index (χ0) is 8.27. The molecular formula is C6H9N3O2. The van der Waals surface area contributed by atoms with E-state index >= 15 is 0 Å². The van der Waals surface area contributed by atoms with Crippen LogP contribution in [0.3, 0.4) is 0 Å². The highest BCUT2D eigenvalue weighted by Gasteiger charge is 2.06. The van der Waals surface area contributed by atoms with E-state index in [-0.39, 0.29) is 0 Å². The predicted octanol–water partition coefficient (Wildman–Crippen LogP) is 0.519. The first-order valence-corrected chi connectivity index (χ1v) is 3.12. The molecule has 1 aromatic rings. The van der Waals surface area contributed by atoms with E-state index in [0.717, 1.165) is 4.90 Å². The second kappa shape index (κ2) is 3.05. The Labute approximate surface area is 63.7 Å². The summed E-state index contributed by atoms with van der Waals surface area (Å²) in [6, 6.07) is 0. The smallest absolute Gasteiger partial charge is 0.407 e. The second-order valence-electron chi connectivity index (χ2n) is 2.17. The minimum atomic E-state index is -0.957. The third kappa shape index (κ3) is 1.96. The fourth-order valence-electron chi connectivity index (χ4n) is 0.677. The van der Waals surface area contributed by atoms with Crippen LogP contribution in [0.2, 0.25) is 0 Å². The van der Waals surface area contributed by atoms with Gasteiger partial charge in [-0.2, -0.15) is 0 Å². The maximum Gasteiger partial charge on any atom is 0.407 e. The fourth-order valence-corrected chi connectivity index (χ4v) is 0.677. The number of aromatic nitrogens is 2. The lowest BCUT2D eigenvalue weighted by molar-refractivity contribution is 0.153. The summed E-state index contributed by atoms with van der Waals surface area (Å²) in [5.41, 5.74) is 0. The summed E-state index contributed by atoms with van der Waals surface area (Å²) in [4.78, 5) is 18.1. The summed E-state index contributed by atoms with van der Waals surface area (Å²) in [6.45, 7) is 0.294. The van der Waals surface area contributed by atoms with Crippen molar-refractivity contribution in [1.29, 1.82) is 0 Å². The van der Waals surface area contributed by atoms with Crippen LogP contribution in [0.4, 0.5) is 4.79 Å². The van der Waals surface area contributed by atoms with Crippen LogP contribution in [0, 0.1) is 0 Å². The van der Waals surface area contributed by atoms with Crippen LogP contribution in [-0.4, -0.2) is 33.1 Å². The number of nitrogens with zero attached hydrogens (tertiary/aromatic N) is 2. The van der Waals surface area contributed by atoms with Gasteiger partial charge in [-0.05, 0) is 0 Å². The van der Waals surface area contributed by atoms with Crippen LogP contribution in [-0.2, 0) is 6.54 Å². The average molecular weight is 155 g/mol. The molecule has 0 bridgehead atoms. The van der Waals surface area contributed by atoms with E-state index in [1.165, 1.54) is 7.05 Å². The molecule has 0 atom stereocenters. The van der Waals surface area contributed by atoms with Crippen molar-refractivity contribution in [2.24, 2.45) is 0 Å². The zero-order valence-corrected chi connectivity index (χ0v) is 6.11. The molecule has 0 aliphatic carbocycles. The first kappa shape index (κ1) is 7.59. The first-order valence-electron chi connectivity index (χ1n) is 3.12. The molecule has 1 heterocycles. The maximum atomic E-state index is 10.3. The standard InChI is InChI=1S/C6H9N3O2/c1-9(6(10)11)4-5-7-2-3-8-5/h2-3H,4H2,1H3,(H,7,8)(H,10,11). The minimum absolute atomic E-state index is 0.294. The van der Waals surface area contributed by atoms with Crippen LogP contribution < -0.4 is 0 Å². The van der Waals surface area contributed by atoms with Gasteiger partial charge < -0.3 is 15.0 Å². The number of hydrogen-bond acceptors (Lipinski definition) is 2. The van der Waals surface area contributed by atoms with E-state index in [1.54, 1.807) is 12.4 Å². The first-order chi connectivity index (χ1) is 5.20.